The molecule has 0 N–H and O–H groups in total. The second-order valence-corrected chi connectivity index (χ2v) is 8.23. The van der Waals surface area contributed by atoms with E-state index in [1.165, 1.54) is 38.8 Å². The molecule has 2 fully saturated rings. The Bertz CT molecular complexity index is 453. The average molecular weight is 303 g/mol. The molecule has 1 saturated carbocycles. The van der Waals surface area contributed by atoms with Crippen molar-refractivity contribution in [2.75, 3.05) is 13.1 Å². The van der Waals surface area contributed by atoms with Crippen LogP contribution < -0.4 is 0 Å². The van der Waals surface area contributed by atoms with E-state index < -0.39 is 0 Å². The summed E-state index contributed by atoms with van der Waals surface area (Å²) in [7, 11) is 0. The molecule has 1 aromatic heterocycles. The van der Waals surface area contributed by atoms with Crippen LogP contribution in [0.25, 0.3) is 0 Å². The monoisotopic (exact) mass is 303 g/mol. The third kappa shape index (κ3) is 3.73. The molecule has 1 aliphatic heterocycles. The molecule has 3 rings (SSSR count). The third-order valence-electron chi connectivity index (χ3n) is 6.13. The normalized spacial score (nSPS) is 31.6. The number of hydrogen-bond donors (Lipinski definition) is 0. The summed E-state index contributed by atoms with van der Waals surface area (Å²) in [5, 5.41) is 0. The van der Waals surface area contributed by atoms with Gasteiger partial charge in [0.25, 0.3) is 0 Å². The van der Waals surface area contributed by atoms with Gasteiger partial charge in [-0.3, -0.25) is 0 Å². The summed E-state index contributed by atoms with van der Waals surface area (Å²) in [5.41, 5.74) is 0. The van der Waals surface area contributed by atoms with E-state index in [9.17, 15) is 0 Å². The van der Waals surface area contributed by atoms with Crippen molar-refractivity contribution in [2.45, 2.75) is 65.5 Å². The van der Waals surface area contributed by atoms with Crippen LogP contribution in [0.3, 0.4) is 0 Å². The largest absolute Gasteiger partial charge is 0.335 e. The minimum atomic E-state index is 0.580. The zero-order chi connectivity index (χ0) is 15.7. The van der Waals surface area contributed by atoms with Gasteiger partial charge in [0, 0.05) is 31.0 Å². The van der Waals surface area contributed by atoms with Crippen molar-refractivity contribution in [3.8, 4) is 0 Å². The molecule has 1 aliphatic carbocycles. The molecule has 5 atom stereocenters. The molecule has 3 heteroatoms. The summed E-state index contributed by atoms with van der Waals surface area (Å²) in [6, 6.07) is 1.36. The summed E-state index contributed by atoms with van der Waals surface area (Å²) in [5.74, 6) is 3.78. The highest BCUT2D eigenvalue weighted by Crippen LogP contribution is 2.47. The van der Waals surface area contributed by atoms with Gasteiger partial charge in [-0.1, -0.05) is 13.8 Å². The number of imidazole rings is 1. The van der Waals surface area contributed by atoms with Crippen molar-refractivity contribution in [3.05, 3.63) is 18.7 Å². The first kappa shape index (κ1) is 16.0. The van der Waals surface area contributed by atoms with Crippen molar-refractivity contribution in [1.29, 1.82) is 0 Å². The van der Waals surface area contributed by atoms with Gasteiger partial charge in [-0.2, -0.15) is 0 Å². The van der Waals surface area contributed by atoms with Gasteiger partial charge in [0.05, 0.1) is 6.33 Å². The summed E-state index contributed by atoms with van der Waals surface area (Å²) >= 11 is 0. The van der Waals surface area contributed by atoms with Crippen LogP contribution in [0.5, 0.6) is 0 Å². The molecule has 124 valence electrons. The Balaban J connectivity index is 1.42. The lowest BCUT2D eigenvalue weighted by Crippen LogP contribution is -2.31. The molecule has 5 unspecified atom stereocenters. The molecule has 1 aromatic rings. The Kier molecular flexibility index (Phi) is 4.91. The maximum absolute atomic E-state index is 4.17. The van der Waals surface area contributed by atoms with Crippen molar-refractivity contribution < 1.29 is 0 Å². The van der Waals surface area contributed by atoms with Gasteiger partial charge >= 0.3 is 0 Å². The topological polar surface area (TPSA) is 21.1 Å². The second kappa shape index (κ2) is 6.74. The summed E-state index contributed by atoms with van der Waals surface area (Å²) in [4.78, 5) is 6.93. The zero-order valence-corrected chi connectivity index (χ0v) is 14.8. The molecule has 0 bridgehead atoms. The lowest BCUT2D eigenvalue weighted by molar-refractivity contribution is 0.221. The van der Waals surface area contributed by atoms with Crippen LogP contribution in [0.1, 0.15) is 59.4 Å². The highest BCUT2D eigenvalue weighted by molar-refractivity contribution is 4.92. The highest BCUT2D eigenvalue weighted by atomic mass is 15.2. The van der Waals surface area contributed by atoms with E-state index in [-0.39, 0.29) is 0 Å². The molecule has 1 saturated heterocycles. The highest BCUT2D eigenvalue weighted by Gasteiger charge is 2.40. The number of likely N-dealkylation sites (tertiary alicyclic amines) is 1. The molecule has 22 heavy (non-hydrogen) atoms. The van der Waals surface area contributed by atoms with E-state index in [2.05, 4.69) is 48.3 Å². The Labute approximate surface area is 136 Å². The summed E-state index contributed by atoms with van der Waals surface area (Å²) in [6.07, 6.45) is 11.5. The predicted octanol–water partition coefficient (Wildman–Crippen LogP) is 4.23. The molecule has 0 aromatic carbocycles. The fourth-order valence-corrected chi connectivity index (χ4v) is 4.54. The van der Waals surface area contributed by atoms with Gasteiger partial charge in [-0.15, -0.1) is 0 Å². The van der Waals surface area contributed by atoms with E-state index in [0.717, 1.165) is 29.7 Å². The van der Waals surface area contributed by atoms with Crippen LogP contribution in [-0.4, -0.2) is 33.6 Å². The van der Waals surface area contributed by atoms with Gasteiger partial charge in [0.15, 0.2) is 0 Å². The van der Waals surface area contributed by atoms with Gasteiger partial charge in [-0.25, -0.2) is 4.98 Å². The zero-order valence-electron chi connectivity index (χ0n) is 14.8. The van der Waals surface area contributed by atoms with Crippen molar-refractivity contribution in [3.63, 3.8) is 0 Å². The molecular formula is C19H33N3. The van der Waals surface area contributed by atoms with E-state index in [1.807, 2.05) is 12.5 Å². The molecule has 2 aliphatic rings. The smallest absolute Gasteiger partial charge is 0.0948 e. The molecular weight excluding hydrogens is 270 g/mol. The minimum absolute atomic E-state index is 0.580. The van der Waals surface area contributed by atoms with E-state index in [1.54, 1.807) is 0 Å². The fraction of sp³-hybridized carbons (Fsp3) is 0.842. The SMILES string of the molecule is CC(C)C1CC1CC(C)N1CCC(CC(C)n2ccnc2)C1. The van der Waals surface area contributed by atoms with Gasteiger partial charge in [0.1, 0.15) is 0 Å². The lowest BCUT2D eigenvalue weighted by atomic mass is 10.00. The van der Waals surface area contributed by atoms with Crippen molar-refractivity contribution >= 4 is 0 Å². The Morgan fingerprint density at radius 2 is 1.95 bits per heavy atom. The lowest BCUT2D eigenvalue weighted by Gasteiger charge is -2.25. The molecule has 2 heterocycles. The van der Waals surface area contributed by atoms with Crippen molar-refractivity contribution in [2.24, 2.45) is 23.7 Å². The van der Waals surface area contributed by atoms with Gasteiger partial charge < -0.3 is 9.47 Å². The Hall–Kier alpha value is -0.830. The molecule has 0 amide bonds. The fourth-order valence-electron chi connectivity index (χ4n) is 4.54. The predicted molar refractivity (Wildman–Crippen MR) is 91.7 cm³/mol. The Morgan fingerprint density at radius 1 is 1.14 bits per heavy atom. The first-order chi connectivity index (χ1) is 10.5. The van der Waals surface area contributed by atoms with Crippen LogP contribution in [0.4, 0.5) is 0 Å². The van der Waals surface area contributed by atoms with Crippen LogP contribution in [-0.2, 0) is 0 Å². The number of hydrogen-bond acceptors (Lipinski definition) is 2. The molecule has 3 nitrogen and oxygen atoms in total. The van der Waals surface area contributed by atoms with Gasteiger partial charge in [0.2, 0.25) is 0 Å². The number of rotatable bonds is 7. The quantitative estimate of drug-likeness (QED) is 0.751. The maximum Gasteiger partial charge on any atom is 0.0948 e. The summed E-state index contributed by atoms with van der Waals surface area (Å²) in [6.45, 7) is 12.2. The van der Waals surface area contributed by atoms with E-state index in [0.29, 0.717) is 6.04 Å². The standard InChI is InChI=1S/C19H33N3/c1-14(2)19-11-18(19)10-16(4)21-7-5-17(12-21)9-15(3)22-8-6-20-13-22/h6,8,13-19H,5,7,9-12H2,1-4H3. The van der Waals surface area contributed by atoms with Crippen LogP contribution in [0.15, 0.2) is 18.7 Å². The van der Waals surface area contributed by atoms with E-state index in [4.69, 9.17) is 0 Å². The first-order valence-corrected chi connectivity index (χ1v) is 9.26. The summed E-state index contributed by atoms with van der Waals surface area (Å²) < 4.78 is 2.25. The third-order valence-corrected chi connectivity index (χ3v) is 6.13. The maximum atomic E-state index is 4.17. The Morgan fingerprint density at radius 3 is 2.59 bits per heavy atom. The number of nitrogens with zero attached hydrogens (tertiary/aromatic N) is 3. The van der Waals surface area contributed by atoms with Crippen LogP contribution >= 0.6 is 0 Å². The first-order valence-electron chi connectivity index (χ1n) is 9.26. The minimum Gasteiger partial charge on any atom is -0.335 e. The average Bonchev–Trinajstić information content (AvgIpc) is 2.92. The van der Waals surface area contributed by atoms with Gasteiger partial charge in [-0.05, 0) is 69.7 Å². The molecule has 0 spiro atoms. The van der Waals surface area contributed by atoms with Crippen LogP contribution in [0, 0.1) is 23.7 Å². The second-order valence-electron chi connectivity index (χ2n) is 8.23. The molecule has 0 radical (unpaired) electrons. The van der Waals surface area contributed by atoms with Crippen molar-refractivity contribution in [1.82, 2.24) is 14.5 Å². The van der Waals surface area contributed by atoms with E-state index >= 15 is 0 Å². The number of aromatic nitrogens is 2. The van der Waals surface area contributed by atoms with Crippen LogP contribution in [0.2, 0.25) is 0 Å².